The second kappa shape index (κ2) is 4.50. The Labute approximate surface area is 108 Å². The second-order valence-electron chi connectivity index (χ2n) is 3.38. The molecule has 2 rings (SSSR count). The van der Waals surface area contributed by atoms with Gasteiger partial charge >= 0.3 is 11.9 Å². The van der Waals surface area contributed by atoms with Gasteiger partial charge in [-0.15, -0.1) is 0 Å². The van der Waals surface area contributed by atoms with Gasteiger partial charge in [-0.3, -0.25) is 10.1 Å². The topological polar surface area (TPSA) is 73.8 Å². The highest BCUT2D eigenvalue weighted by Crippen LogP contribution is 2.29. The molecule has 100 valence electrons. The third-order valence-corrected chi connectivity index (χ3v) is 2.32. The number of rotatable bonds is 2. The Hall–Kier alpha value is -2.16. The van der Waals surface area contributed by atoms with Gasteiger partial charge in [-0.2, -0.15) is 18.3 Å². The lowest BCUT2D eigenvalue weighted by Crippen LogP contribution is -2.09. The molecule has 0 saturated carbocycles. The molecule has 0 bridgehead atoms. The predicted molar refractivity (Wildman–Crippen MR) is 58.0 cm³/mol. The molecule has 0 saturated heterocycles. The lowest BCUT2D eigenvalue weighted by Gasteiger charge is -2.03. The van der Waals surface area contributed by atoms with Crippen LogP contribution in [-0.4, -0.2) is 19.7 Å². The predicted octanol–water partition coefficient (Wildman–Crippen LogP) is 2.85. The maximum Gasteiger partial charge on any atom is 0.435 e. The fourth-order valence-electron chi connectivity index (χ4n) is 1.32. The van der Waals surface area contributed by atoms with Crippen molar-refractivity contribution < 1.29 is 18.1 Å². The van der Waals surface area contributed by atoms with Crippen LogP contribution in [0, 0.1) is 10.1 Å². The van der Waals surface area contributed by atoms with Gasteiger partial charge in [0.2, 0.25) is 5.82 Å². The number of alkyl halides is 3. The lowest BCUT2D eigenvalue weighted by molar-refractivity contribution is -0.384. The van der Waals surface area contributed by atoms with E-state index in [2.05, 4.69) is 10.1 Å². The quantitative estimate of drug-likeness (QED) is 0.484. The summed E-state index contributed by atoms with van der Waals surface area (Å²) < 4.78 is 37.9. The summed E-state index contributed by atoms with van der Waals surface area (Å²) in [5.41, 5.74) is -1.68. The highest BCUT2D eigenvalue weighted by atomic mass is 35.5. The third-order valence-electron chi connectivity index (χ3n) is 2.11. The van der Waals surface area contributed by atoms with E-state index < -0.39 is 22.5 Å². The van der Waals surface area contributed by atoms with E-state index >= 15 is 0 Å². The van der Waals surface area contributed by atoms with E-state index in [1.54, 1.807) is 0 Å². The molecule has 6 nitrogen and oxygen atoms in total. The van der Waals surface area contributed by atoms with Crippen molar-refractivity contribution in [2.45, 2.75) is 6.18 Å². The number of aromatic nitrogens is 3. The van der Waals surface area contributed by atoms with Gasteiger partial charge in [0.15, 0.2) is 5.69 Å². The minimum absolute atomic E-state index is 0.0929. The van der Waals surface area contributed by atoms with Crippen LogP contribution in [0.1, 0.15) is 5.69 Å². The van der Waals surface area contributed by atoms with E-state index in [-0.39, 0.29) is 11.0 Å². The summed E-state index contributed by atoms with van der Waals surface area (Å²) in [5.74, 6) is -0.381. The fourth-order valence-corrected chi connectivity index (χ4v) is 1.47. The van der Waals surface area contributed by atoms with Crippen LogP contribution in [0.4, 0.5) is 18.9 Å². The molecular weight excluding hydrogens is 289 g/mol. The van der Waals surface area contributed by atoms with E-state index in [1.807, 2.05) is 0 Å². The van der Waals surface area contributed by atoms with Crippen molar-refractivity contribution in [2.75, 3.05) is 0 Å². The molecule has 0 radical (unpaired) electrons. The molecule has 0 unspecified atom stereocenters. The fraction of sp³-hybridized carbons (Fsp3) is 0.111. The van der Waals surface area contributed by atoms with Crippen molar-refractivity contribution in [1.82, 2.24) is 14.8 Å². The molecule has 0 spiro atoms. The van der Waals surface area contributed by atoms with Gasteiger partial charge in [0.25, 0.3) is 0 Å². The summed E-state index contributed by atoms with van der Waals surface area (Å²) in [4.78, 5) is 13.6. The van der Waals surface area contributed by atoms with Crippen LogP contribution in [0.3, 0.4) is 0 Å². The summed E-state index contributed by atoms with van der Waals surface area (Å²) in [5, 5.41) is 13.9. The first-order valence-corrected chi connectivity index (χ1v) is 5.11. The smallest absolute Gasteiger partial charge is 0.258 e. The maximum atomic E-state index is 12.4. The first-order valence-electron chi connectivity index (χ1n) is 4.73. The van der Waals surface area contributed by atoms with E-state index in [0.29, 0.717) is 10.7 Å². The molecule has 0 aromatic carbocycles. The van der Waals surface area contributed by atoms with E-state index in [0.717, 1.165) is 18.3 Å². The SMILES string of the molecule is O=[N+]([O-])c1ccc(Cl)nc1-n1ccc(C(F)(F)F)n1. The molecule has 19 heavy (non-hydrogen) atoms. The number of nitrogens with zero attached hydrogens (tertiary/aromatic N) is 4. The Bertz CT molecular complexity index is 641. The molecule has 2 heterocycles. The lowest BCUT2D eigenvalue weighted by atomic mass is 10.4. The maximum absolute atomic E-state index is 12.4. The molecular formula is C9H4ClF3N4O2. The van der Waals surface area contributed by atoms with Crippen LogP contribution >= 0.6 is 11.6 Å². The average molecular weight is 293 g/mol. The van der Waals surface area contributed by atoms with Gasteiger partial charge in [0, 0.05) is 12.3 Å². The molecule has 10 heteroatoms. The monoisotopic (exact) mass is 292 g/mol. The first kappa shape index (κ1) is 13.3. The second-order valence-corrected chi connectivity index (χ2v) is 3.76. The Kier molecular flexibility index (Phi) is 3.14. The normalized spacial score (nSPS) is 11.6. The van der Waals surface area contributed by atoms with Gasteiger partial charge in [-0.05, 0) is 12.1 Å². The molecule has 0 aliphatic carbocycles. The Balaban J connectivity index is 2.55. The highest BCUT2D eigenvalue weighted by molar-refractivity contribution is 6.29. The summed E-state index contributed by atoms with van der Waals surface area (Å²) >= 11 is 5.57. The zero-order chi connectivity index (χ0) is 14.2. The first-order chi connectivity index (χ1) is 8.79. The Morgan fingerprint density at radius 3 is 2.53 bits per heavy atom. The van der Waals surface area contributed by atoms with Crippen molar-refractivity contribution in [2.24, 2.45) is 0 Å². The van der Waals surface area contributed by atoms with Gasteiger partial charge in [-0.1, -0.05) is 11.6 Å². The average Bonchev–Trinajstić information content (AvgIpc) is 2.77. The van der Waals surface area contributed by atoms with Crippen molar-refractivity contribution in [3.8, 4) is 5.82 Å². The van der Waals surface area contributed by atoms with Crippen LogP contribution in [0.5, 0.6) is 0 Å². The van der Waals surface area contributed by atoms with Crippen LogP contribution in [0.2, 0.25) is 5.15 Å². The van der Waals surface area contributed by atoms with E-state index in [9.17, 15) is 23.3 Å². The molecule has 0 fully saturated rings. The van der Waals surface area contributed by atoms with Gasteiger partial charge in [0.05, 0.1) is 4.92 Å². The number of halogens is 4. The standard InChI is InChI=1S/C9H4ClF3N4O2/c10-7-2-1-5(17(18)19)8(14-7)16-4-3-6(15-16)9(11,12)13/h1-4H. The van der Waals surface area contributed by atoms with Gasteiger partial charge < -0.3 is 0 Å². The minimum Gasteiger partial charge on any atom is -0.258 e. The van der Waals surface area contributed by atoms with Crippen LogP contribution < -0.4 is 0 Å². The Morgan fingerprint density at radius 2 is 2.00 bits per heavy atom. The number of pyridine rings is 1. The molecule has 2 aromatic heterocycles. The molecule has 0 N–H and O–H groups in total. The van der Waals surface area contributed by atoms with E-state index in [1.165, 1.54) is 0 Å². The van der Waals surface area contributed by atoms with Crippen molar-refractivity contribution in [1.29, 1.82) is 0 Å². The molecule has 0 aliphatic heterocycles. The number of hydrogen-bond acceptors (Lipinski definition) is 4. The number of nitro groups is 1. The molecule has 0 aliphatic rings. The zero-order valence-electron chi connectivity index (χ0n) is 8.93. The summed E-state index contributed by atoms with van der Waals surface area (Å²) in [6.07, 6.45) is -3.72. The number of hydrogen-bond donors (Lipinski definition) is 0. The van der Waals surface area contributed by atoms with E-state index in [4.69, 9.17) is 11.6 Å². The van der Waals surface area contributed by atoms with Crippen LogP contribution in [0.15, 0.2) is 24.4 Å². The highest BCUT2D eigenvalue weighted by Gasteiger charge is 2.34. The molecule has 2 aromatic rings. The molecule has 0 amide bonds. The molecule has 0 atom stereocenters. The summed E-state index contributed by atoms with van der Waals surface area (Å²) in [6.45, 7) is 0. The van der Waals surface area contributed by atoms with Crippen LogP contribution in [0.25, 0.3) is 5.82 Å². The van der Waals surface area contributed by atoms with Gasteiger partial charge in [-0.25, -0.2) is 9.67 Å². The largest absolute Gasteiger partial charge is 0.435 e. The van der Waals surface area contributed by atoms with Crippen molar-refractivity contribution >= 4 is 17.3 Å². The van der Waals surface area contributed by atoms with Crippen LogP contribution in [-0.2, 0) is 6.18 Å². The minimum atomic E-state index is -4.64. The summed E-state index contributed by atoms with van der Waals surface area (Å²) in [7, 11) is 0. The van der Waals surface area contributed by atoms with Crippen molar-refractivity contribution in [3.05, 3.63) is 45.4 Å². The Morgan fingerprint density at radius 1 is 1.32 bits per heavy atom. The zero-order valence-corrected chi connectivity index (χ0v) is 9.68. The van der Waals surface area contributed by atoms with Gasteiger partial charge in [0.1, 0.15) is 5.15 Å². The third kappa shape index (κ3) is 2.65. The van der Waals surface area contributed by atoms with Crippen molar-refractivity contribution in [3.63, 3.8) is 0 Å². The summed E-state index contributed by atoms with van der Waals surface area (Å²) in [6, 6.07) is 2.89.